The summed E-state index contributed by atoms with van der Waals surface area (Å²) in [4.78, 5) is 19.8. The topological polar surface area (TPSA) is 47.4 Å². The molecule has 0 saturated carbocycles. The second-order valence-electron chi connectivity index (χ2n) is 8.72. The van der Waals surface area contributed by atoms with Gasteiger partial charge in [-0.3, -0.25) is 4.79 Å². The number of rotatable bonds is 9. The number of carbonyl (C=O) groups excluding carboxylic acids is 1. The van der Waals surface area contributed by atoms with Crippen LogP contribution in [0.15, 0.2) is 78.9 Å². The molecule has 4 aromatic rings. The molecule has 5 nitrogen and oxygen atoms in total. The van der Waals surface area contributed by atoms with Crippen LogP contribution >= 0.6 is 11.6 Å². The first-order valence-corrected chi connectivity index (χ1v) is 12.2. The molecule has 0 spiro atoms. The van der Waals surface area contributed by atoms with Gasteiger partial charge in [0.2, 0.25) is 5.91 Å². The van der Waals surface area contributed by atoms with E-state index < -0.39 is 0 Å². The fourth-order valence-electron chi connectivity index (χ4n) is 4.68. The number of hydrogen-bond acceptors (Lipinski definition) is 3. The van der Waals surface area contributed by atoms with E-state index in [0.29, 0.717) is 30.3 Å². The maximum absolute atomic E-state index is 12.8. The van der Waals surface area contributed by atoms with Gasteiger partial charge in [0.25, 0.3) is 0 Å². The minimum atomic E-state index is 0.0974. The van der Waals surface area contributed by atoms with Crippen LogP contribution in [0.2, 0.25) is 5.02 Å². The summed E-state index contributed by atoms with van der Waals surface area (Å²) in [6.45, 7) is 2.79. The quantitative estimate of drug-likeness (QED) is 0.292. The number of imidazole rings is 1. The van der Waals surface area contributed by atoms with Crippen molar-refractivity contribution in [3.63, 3.8) is 0 Å². The second kappa shape index (κ2) is 10.3. The summed E-state index contributed by atoms with van der Waals surface area (Å²) >= 11 is 6.21. The van der Waals surface area contributed by atoms with Crippen molar-refractivity contribution in [1.29, 1.82) is 0 Å². The first-order chi connectivity index (χ1) is 16.7. The molecule has 34 heavy (non-hydrogen) atoms. The highest BCUT2D eigenvalue weighted by Gasteiger charge is 2.33. The van der Waals surface area contributed by atoms with E-state index in [9.17, 15) is 4.79 Å². The van der Waals surface area contributed by atoms with Gasteiger partial charge < -0.3 is 14.2 Å². The summed E-state index contributed by atoms with van der Waals surface area (Å²) in [5, 5.41) is 0.622. The first kappa shape index (κ1) is 22.5. The maximum Gasteiger partial charge on any atom is 0.223 e. The van der Waals surface area contributed by atoms with Crippen LogP contribution in [-0.2, 0) is 17.8 Å². The van der Waals surface area contributed by atoms with Crippen LogP contribution in [0, 0.1) is 0 Å². The fourth-order valence-corrected chi connectivity index (χ4v) is 4.87. The molecular formula is C28H28ClN3O2. The van der Waals surface area contributed by atoms with E-state index >= 15 is 0 Å². The van der Waals surface area contributed by atoms with Gasteiger partial charge in [-0.25, -0.2) is 4.98 Å². The molecule has 1 amide bonds. The van der Waals surface area contributed by atoms with Gasteiger partial charge in [0.05, 0.1) is 22.7 Å². The van der Waals surface area contributed by atoms with Crippen LogP contribution in [0.25, 0.3) is 11.0 Å². The predicted molar refractivity (Wildman–Crippen MR) is 135 cm³/mol. The molecule has 1 fully saturated rings. The predicted octanol–water partition coefficient (Wildman–Crippen LogP) is 5.72. The number of para-hydroxylation sites is 3. The van der Waals surface area contributed by atoms with E-state index in [0.717, 1.165) is 42.8 Å². The molecule has 1 aliphatic heterocycles. The van der Waals surface area contributed by atoms with Crippen molar-refractivity contribution in [3.05, 3.63) is 95.3 Å². The third-order valence-corrected chi connectivity index (χ3v) is 6.71. The van der Waals surface area contributed by atoms with Crippen molar-refractivity contribution in [2.45, 2.75) is 31.7 Å². The Morgan fingerprint density at radius 2 is 1.71 bits per heavy atom. The van der Waals surface area contributed by atoms with Crippen LogP contribution < -0.4 is 4.74 Å². The van der Waals surface area contributed by atoms with Crippen molar-refractivity contribution in [3.8, 4) is 5.75 Å². The lowest BCUT2D eigenvalue weighted by molar-refractivity contribution is -0.127. The number of ether oxygens (including phenoxy) is 1. The normalized spacial score (nSPS) is 15.9. The number of aromatic nitrogens is 2. The van der Waals surface area contributed by atoms with Gasteiger partial charge in [0, 0.05) is 32.0 Å². The number of likely N-dealkylation sites (tertiary alicyclic amines) is 1. The zero-order valence-corrected chi connectivity index (χ0v) is 19.8. The van der Waals surface area contributed by atoms with Crippen molar-refractivity contribution < 1.29 is 9.53 Å². The summed E-state index contributed by atoms with van der Waals surface area (Å²) in [6.07, 6.45) is 2.19. The Balaban J connectivity index is 1.28. The number of aryl methyl sites for hydroxylation is 1. The molecule has 0 radical (unpaired) electrons. The molecule has 1 unspecified atom stereocenters. The largest absolute Gasteiger partial charge is 0.492 e. The number of hydrogen-bond donors (Lipinski definition) is 0. The van der Waals surface area contributed by atoms with Gasteiger partial charge in [-0.15, -0.1) is 0 Å². The lowest BCUT2D eigenvalue weighted by Gasteiger charge is -2.17. The molecule has 0 N–H and O–H groups in total. The lowest BCUT2D eigenvalue weighted by atomic mass is 10.1. The van der Waals surface area contributed by atoms with Gasteiger partial charge in [0.15, 0.2) is 0 Å². The van der Waals surface area contributed by atoms with E-state index in [-0.39, 0.29) is 11.8 Å². The van der Waals surface area contributed by atoms with Gasteiger partial charge in [-0.05, 0) is 42.7 Å². The Morgan fingerprint density at radius 3 is 2.56 bits per heavy atom. The number of carbonyl (C=O) groups is 1. The Hall–Kier alpha value is -3.31. The molecule has 1 atom stereocenters. The molecule has 3 aromatic carbocycles. The highest BCUT2D eigenvalue weighted by atomic mass is 35.5. The molecule has 2 heterocycles. The lowest BCUT2D eigenvalue weighted by Crippen LogP contribution is -2.27. The smallest absolute Gasteiger partial charge is 0.223 e. The summed E-state index contributed by atoms with van der Waals surface area (Å²) in [6, 6.07) is 26.1. The highest BCUT2D eigenvalue weighted by molar-refractivity contribution is 6.32. The number of benzene rings is 3. The minimum absolute atomic E-state index is 0.0974. The number of fused-ring (bicyclic) bond motifs is 1. The minimum Gasteiger partial charge on any atom is -0.492 e. The zero-order chi connectivity index (χ0) is 23.3. The van der Waals surface area contributed by atoms with Crippen LogP contribution in [-0.4, -0.2) is 40.1 Å². The molecule has 0 aliphatic carbocycles. The van der Waals surface area contributed by atoms with Crippen molar-refractivity contribution in [2.24, 2.45) is 0 Å². The highest BCUT2D eigenvalue weighted by Crippen LogP contribution is 2.31. The van der Waals surface area contributed by atoms with Gasteiger partial charge in [-0.2, -0.15) is 0 Å². The van der Waals surface area contributed by atoms with Crippen molar-refractivity contribution in [1.82, 2.24) is 14.5 Å². The van der Waals surface area contributed by atoms with Crippen LogP contribution in [0.3, 0.4) is 0 Å². The average Bonchev–Trinajstić information content (AvgIpc) is 3.42. The second-order valence-corrected chi connectivity index (χ2v) is 9.13. The molecule has 0 bridgehead atoms. The third kappa shape index (κ3) is 4.95. The van der Waals surface area contributed by atoms with Crippen LogP contribution in [0.1, 0.15) is 30.1 Å². The van der Waals surface area contributed by atoms with Crippen LogP contribution in [0.5, 0.6) is 5.75 Å². The third-order valence-electron chi connectivity index (χ3n) is 6.40. The van der Waals surface area contributed by atoms with E-state index in [4.69, 9.17) is 21.3 Å². The molecule has 1 saturated heterocycles. The summed E-state index contributed by atoms with van der Waals surface area (Å²) in [5.74, 6) is 2.01. The van der Waals surface area contributed by atoms with Gasteiger partial charge in [0.1, 0.15) is 11.6 Å². The Morgan fingerprint density at radius 1 is 0.941 bits per heavy atom. The molecule has 1 aromatic heterocycles. The van der Waals surface area contributed by atoms with E-state index in [2.05, 4.69) is 22.8 Å². The Kier molecular flexibility index (Phi) is 6.82. The SMILES string of the molecule is O=C1CC(c2nc3ccccc3n2CCCOc2ccccc2Cl)CN1CCc1ccccc1. The van der Waals surface area contributed by atoms with Gasteiger partial charge in [-0.1, -0.05) is 66.2 Å². The molecule has 174 valence electrons. The van der Waals surface area contributed by atoms with E-state index in [1.165, 1.54) is 5.56 Å². The van der Waals surface area contributed by atoms with Crippen molar-refractivity contribution >= 4 is 28.5 Å². The number of amides is 1. The maximum atomic E-state index is 12.8. The fraction of sp³-hybridized carbons (Fsp3) is 0.286. The summed E-state index contributed by atoms with van der Waals surface area (Å²) < 4.78 is 8.16. The summed E-state index contributed by atoms with van der Waals surface area (Å²) in [5.41, 5.74) is 3.33. The van der Waals surface area contributed by atoms with Gasteiger partial charge >= 0.3 is 0 Å². The Labute approximate surface area is 204 Å². The Bertz CT molecular complexity index is 1270. The standard InChI is InChI=1S/C28H28ClN3O2/c29-23-11-4-7-14-26(23)34-18-8-16-32-25-13-6-5-12-24(25)30-28(32)22-19-27(33)31(20-22)17-15-21-9-2-1-3-10-21/h1-7,9-14,22H,8,15-20H2. The molecular weight excluding hydrogens is 446 g/mol. The zero-order valence-electron chi connectivity index (χ0n) is 19.1. The summed E-state index contributed by atoms with van der Waals surface area (Å²) in [7, 11) is 0. The number of nitrogens with zero attached hydrogens (tertiary/aromatic N) is 3. The van der Waals surface area contributed by atoms with Crippen LogP contribution in [0.4, 0.5) is 0 Å². The van der Waals surface area contributed by atoms with E-state index in [1.807, 2.05) is 65.6 Å². The van der Waals surface area contributed by atoms with Crippen molar-refractivity contribution in [2.75, 3.05) is 19.7 Å². The monoisotopic (exact) mass is 473 g/mol. The average molecular weight is 474 g/mol. The first-order valence-electron chi connectivity index (χ1n) is 11.8. The van der Waals surface area contributed by atoms with E-state index in [1.54, 1.807) is 0 Å². The molecule has 6 heteroatoms. The molecule has 1 aliphatic rings. The molecule has 5 rings (SSSR count). The number of halogens is 1.